The zero-order valence-corrected chi connectivity index (χ0v) is 17.6. The second kappa shape index (κ2) is 10.0. The van der Waals surface area contributed by atoms with Gasteiger partial charge < -0.3 is 21.3 Å². The quantitative estimate of drug-likeness (QED) is 0.481. The predicted octanol–water partition coefficient (Wildman–Crippen LogP) is 2.91. The molecule has 0 radical (unpaired) electrons. The van der Waals surface area contributed by atoms with Crippen LogP contribution in [0.2, 0.25) is 0 Å². The van der Waals surface area contributed by atoms with Gasteiger partial charge in [-0.1, -0.05) is 30.3 Å². The summed E-state index contributed by atoms with van der Waals surface area (Å²) in [5, 5.41) is 10.5. The van der Waals surface area contributed by atoms with Gasteiger partial charge in [0, 0.05) is 25.2 Å². The van der Waals surface area contributed by atoms with Crippen LogP contribution < -0.4 is 21.3 Å². The number of anilines is 2. The van der Waals surface area contributed by atoms with Crippen molar-refractivity contribution < 1.29 is 19.2 Å². The van der Waals surface area contributed by atoms with Gasteiger partial charge in [-0.05, 0) is 42.5 Å². The molecule has 3 aromatic carbocycles. The lowest BCUT2D eigenvalue weighted by atomic mass is 10.1. The Bertz CT molecular complexity index is 1100. The number of hydrogen-bond acceptors (Lipinski definition) is 4. The van der Waals surface area contributed by atoms with Crippen LogP contribution in [-0.2, 0) is 0 Å². The van der Waals surface area contributed by atoms with Gasteiger partial charge in [-0.3, -0.25) is 19.2 Å². The van der Waals surface area contributed by atoms with Crippen LogP contribution in [0.3, 0.4) is 0 Å². The van der Waals surface area contributed by atoms with Crippen LogP contribution in [0.5, 0.6) is 0 Å². The SMILES string of the molecule is CNC(=O)c1ccccc1NC(=O)c1cccc(C(=O)Nc2ccccc2C(=O)NC)c1. The van der Waals surface area contributed by atoms with Gasteiger partial charge in [0.15, 0.2) is 0 Å². The topological polar surface area (TPSA) is 116 Å². The molecule has 0 unspecified atom stereocenters. The van der Waals surface area contributed by atoms with Crippen LogP contribution in [-0.4, -0.2) is 37.7 Å². The third kappa shape index (κ3) is 4.99. The molecule has 0 saturated carbocycles. The molecule has 3 aromatic rings. The van der Waals surface area contributed by atoms with E-state index in [1.54, 1.807) is 66.7 Å². The molecule has 3 rings (SSSR count). The van der Waals surface area contributed by atoms with Gasteiger partial charge in [0.2, 0.25) is 0 Å². The van der Waals surface area contributed by atoms with Crippen molar-refractivity contribution in [1.82, 2.24) is 10.6 Å². The number of benzene rings is 3. The number of carbonyl (C=O) groups is 4. The average molecular weight is 430 g/mol. The molecule has 8 heteroatoms. The summed E-state index contributed by atoms with van der Waals surface area (Å²) in [6, 6.07) is 19.4. The maximum Gasteiger partial charge on any atom is 0.255 e. The summed E-state index contributed by atoms with van der Waals surface area (Å²) in [5.41, 5.74) is 1.83. The molecule has 0 bridgehead atoms. The first kappa shape index (κ1) is 22.2. The molecule has 0 fully saturated rings. The third-order valence-electron chi connectivity index (χ3n) is 4.68. The molecule has 32 heavy (non-hydrogen) atoms. The average Bonchev–Trinajstić information content (AvgIpc) is 2.83. The Labute approximate surface area is 185 Å². The molecule has 0 heterocycles. The van der Waals surface area contributed by atoms with E-state index in [1.807, 2.05) is 0 Å². The highest BCUT2D eigenvalue weighted by Gasteiger charge is 2.16. The Balaban J connectivity index is 1.81. The predicted molar refractivity (Wildman–Crippen MR) is 122 cm³/mol. The zero-order valence-electron chi connectivity index (χ0n) is 17.6. The summed E-state index contributed by atoms with van der Waals surface area (Å²) in [6.07, 6.45) is 0. The van der Waals surface area contributed by atoms with E-state index in [2.05, 4.69) is 21.3 Å². The van der Waals surface area contributed by atoms with Gasteiger partial charge in [0.1, 0.15) is 0 Å². The maximum atomic E-state index is 12.8. The third-order valence-corrected chi connectivity index (χ3v) is 4.68. The van der Waals surface area contributed by atoms with Crippen LogP contribution >= 0.6 is 0 Å². The fourth-order valence-corrected chi connectivity index (χ4v) is 3.04. The van der Waals surface area contributed by atoms with Crippen molar-refractivity contribution in [3.63, 3.8) is 0 Å². The fourth-order valence-electron chi connectivity index (χ4n) is 3.04. The first-order chi connectivity index (χ1) is 15.4. The number of nitrogens with one attached hydrogen (secondary N) is 4. The maximum absolute atomic E-state index is 12.8. The second-order valence-corrected chi connectivity index (χ2v) is 6.74. The fraction of sp³-hybridized carbons (Fsp3) is 0.0833. The van der Waals surface area contributed by atoms with E-state index in [4.69, 9.17) is 0 Å². The summed E-state index contributed by atoms with van der Waals surface area (Å²) >= 11 is 0. The molecule has 8 nitrogen and oxygen atoms in total. The molecule has 0 spiro atoms. The number of para-hydroxylation sites is 2. The second-order valence-electron chi connectivity index (χ2n) is 6.74. The normalized spacial score (nSPS) is 10.1. The molecule has 0 aliphatic heterocycles. The van der Waals surface area contributed by atoms with Gasteiger partial charge >= 0.3 is 0 Å². The van der Waals surface area contributed by atoms with E-state index in [9.17, 15) is 19.2 Å². The van der Waals surface area contributed by atoms with Crippen molar-refractivity contribution in [3.05, 3.63) is 95.1 Å². The van der Waals surface area contributed by atoms with Gasteiger partial charge in [-0.25, -0.2) is 0 Å². The lowest BCUT2D eigenvalue weighted by Crippen LogP contribution is -2.22. The van der Waals surface area contributed by atoms with Gasteiger partial charge in [-0.2, -0.15) is 0 Å². The highest BCUT2D eigenvalue weighted by molar-refractivity contribution is 6.12. The first-order valence-corrected chi connectivity index (χ1v) is 9.79. The van der Waals surface area contributed by atoms with Crippen molar-refractivity contribution >= 4 is 35.0 Å². The summed E-state index contributed by atoms with van der Waals surface area (Å²) in [7, 11) is 3.01. The zero-order chi connectivity index (χ0) is 23.1. The molecule has 0 atom stereocenters. The first-order valence-electron chi connectivity index (χ1n) is 9.79. The van der Waals surface area contributed by atoms with E-state index in [0.29, 0.717) is 22.5 Å². The molecular weight excluding hydrogens is 408 g/mol. The van der Waals surface area contributed by atoms with E-state index >= 15 is 0 Å². The van der Waals surface area contributed by atoms with E-state index in [-0.39, 0.29) is 22.9 Å². The summed E-state index contributed by atoms with van der Waals surface area (Å²) in [6.45, 7) is 0. The van der Waals surface area contributed by atoms with Crippen LogP contribution in [0, 0.1) is 0 Å². The Hall–Kier alpha value is -4.46. The number of hydrogen-bond donors (Lipinski definition) is 4. The van der Waals surface area contributed by atoms with Gasteiger partial charge in [0.05, 0.1) is 22.5 Å². The molecule has 0 aliphatic rings. The molecule has 4 N–H and O–H groups in total. The standard InChI is InChI=1S/C24H22N4O4/c1-25-23(31)17-10-3-5-12-19(17)27-21(29)15-8-7-9-16(14-15)22(30)28-20-13-6-4-11-18(20)24(32)26-2/h3-14H,1-2H3,(H,25,31)(H,26,32)(H,27,29)(H,28,30). The molecule has 0 saturated heterocycles. The Morgan fingerprint density at radius 2 is 0.938 bits per heavy atom. The number of carbonyl (C=O) groups excluding carboxylic acids is 4. The Kier molecular flexibility index (Phi) is 6.97. The minimum absolute atomic E-state index is 0.240. The molecular formula is C24H22N4O4. The lowest BCUT2D eigenvalue weighted by molar-refractivity contribution is 0.0955. The van der Waals surface area contributed by atoms with Gasteiger partial charge in [0.25, 0.3) is 23.6 Å². The Morgan fingerprint density at radius 3 is 1.34 bits per heavy atom. The molecule has 4 amide bonds. The van der Waals surface area contributed by atoms with Crippen molar-refractivity contribution in [2.24, 2.45) is 0 Å². The van der Waals surface area contributed by atoms with Gasteiger partial charge in [-0.15, -0.1) is 0 Å². The Morgan fingerprint density at radius 1 is 0.531 bits per heavy atom. The van der Waals surface area contributed by atoms with E-state index in [1.165, 1.54) is 20.2 Å². The molecule has 0 aromatic heterocycles. The monoisotopic (exact) mass is 430 g/mol. The summed E-state index contributed by atoms with van der Waals surface area (Å²) in [4.78, 5) is 49.6. The van der Waals surface area contributed by atoms with Crippen LogP contribution in [0.15, 0.2) is 72.8 Å². The smallest absolute Gasteiger partial charge is 0.255 e. The van der Waals surface area contributed by atoms with Crippen LogP contribution in [0.25, 0.3) is 0 Å². The summed E-state index contributed by atoms with van der Waals surface area (Å²) in [5.74, 6) is -1.60. The number of amides is 4. The molecule has 162 valence electrons. The summed E-state index contributed by atoms with van der Waals surface area (Å²) < 4.78 is 0. The largest absolute Gasteiger partial charge is 0.355 e. The van der Waals surface area contributed by atoms with Crippen LogP contribution in [0.4, 0.5) is 11.4 Å². The van der Waals surface area contributed by atoms with Crippen molar-refractivity contribution in [2.45, 2.75) is 0 Å². The lowest BCUT2D eigenvalue weighted by Gasteiger charge is -2.12. The highest BCUT2D eigenvalue weighted by Crippen LogP contribution is 2.19. The van der Waals surface area contributed by atoms with Crippen molar-refractivity contribution in [1.29, 1.82) is 0 Å². The minimum atomic E-state index is -0.471. The van der Waals surface area contributed by atoms with Crippen molar-refractivity contribution in [2.75, 3.05) is 24.7 Å². The highest BCUT2D eigenvalue weighted by atomic mass is 16.2. The van der Waals surface area contributed by atoms with E-state index < -0.39 is 11.8 Å². The number of rotatable bonds is 6. The van der Waals surface area contributed by atoms with Crippen molar-refractivity contribution in [3.8, 4) is 0 Å². The van der Waals surface area contributed by atoms with Crippen LogP contribution in [0.1, 0.15) is 41.4 Å². The molecule has 0 aliphatic carbocycles. The van der Waals surface area contributed by atoms with E-state index in [0.717, 1.165) is 0 Å². The minimum Gasteiger partial charge on any atom is -0.355 e.